The summed E-state index contributed by atoms with van der Waals surface area (Å²) in [4.78, 5) is 25.1. The van der Waals surface area contributed by atoms with E-state index in [2.05, 4.69) is 5.32 Å². The Hall–Kier alpha value is -1.14. The van der Waals surface area contributed by atoms with Gasteiger partial charge in [-0.05, 0) is 33.9 Å². The van der Waals surface area contributed by atoms with Crippen LogP contribution in [-0.2, 0) is 9.59 Å². The quantitative estimate of drug-likeness (QED) is 0.632. The highest BCUT2D eigenvalue weighted by Gasteiger charge is 2.43. The number of aliphatic hydroxyl groups is 1. The van der Waals surface area contributed by atoms with Crippen molar-refractivity contribution in [1.82, 2.24) is 10.2 Å². The molecule has 0 aromatic rings. The van der Waals surface area contributed by atoms with Crippen molar-refractivity contribution in [2.24, 2.45) is 5.41 Å². The second kappa shape index (κ2) is 6.54. The van der Waals surface area contributed by atoms with Crippen LogP contribution in [0.15, 0.2) is 0 Å². The van der Waals surface area contributed by atoms with Gasteiger partial charge in [-0.25, -0.2) is 0 Å². The lowest BCUT2D eigenvalue weighted by Crippen LogP contribution is -2.48. The van der Waals surface area contributed by atoms with Crippen molar-refractivity contribution < 1.29 is 19.8 Å². The van der Waals surface area contributed by atoms with Crippen molar-refractivity contribution in [1.29, 1.82) is 0 Å². The fourth-order valence-electron chi connectivity index (χ4n) is 2.91. The molecule has 1 rings (SSSR count). The van der Waals surface area contributed by atoms with Crippen LogP contribution in [0.1, 0.15) is 39.0 Å². The van der Waals surface area contributed by atoms with Crippen LogP contribution in [0.25, 0.3) is 0 Å². The van der Waals surface area contributed by atoms with Crippen molar-refractivity contribution in [2.75, 3.05) is 27.2 Å². The van der Waals surface area contributed by atoms with Crippen LogP contribution in [0.5, 0.6) is 0 Å². The molecule has 116 valence electrons. The number of carboxylic acid groups (broad SMARTS) is 1. The van der Waals surface area contributed by atoms with E-state index in [9.17, 15) is 19.8 Å². The molecular formula is C14H26N2O4. The Kier molecular flexibility index (Phi) is 5.53. The van der Waals surface area contributed by atoms with Crippen molar-refractivity contribution in [3.05, 3.63) is 0 Å². The molecule has 1 aliphatic rings. The predicted molar refractivity (Wildman–Crippen MR) is 75.3 cm³/mol. The van der Waals surface area contributed by atoms with Crippen LogP contribution in [0, 0.1) is 5.41 Å². The molecular weight excluding hydrogens is 260 g/mol. The third-order valence-corrected chi connectivity index (χ3v) is 3.84. The number of carbonyl (C=O) groups is 2. The van der Waals surface area contributed by atoms with E-state index in [1.807, 2.05) is 19.0 Å². The molecule has 1 unspecified atom stereocenters. The van der Waals surface area contributed by atoms with Gasteiger partial charge in [0.25, 0.3) is 0 Å². The molecule has 1 amide bonds. The van der Waals surface area contributed by atoms with Crippen LogP contribution in [0.2, 0.25) is 0 Å². The maximum Gasteiger partial charge on any atom is 0.310 e. The number of likely N-dealkylation sites (N-methyl/N-ethyl adjacent to an activating group) is 1. The molecule has 0 saturated heterocycles. The van der Waals surface area contributed by atoms with E-state index < -0.39 is 17.0 Å². The molecule has 1 atom stereocenters. The van der Waals surface area contributed by atoms with Gasteiger partial charge in [0.05, 0.1) is 11.0 Å². The van der Waals surface area contributed by atoms with Gasteiger partial charge in [0.2, 0.25) is 5.91 Å². The summed E-state index contributed by atoms with van der Waals surface area (Å²) in [5.41, 5.74) is -1.93. The highest BCUT2D eigenvalue weighted by atomic mass is 16.4. The second-order valence-electron chi connectivity index (χ2n) is 6.48. The normalized spacial score (nSPS) is 20.6. The SMILES string of the molecule is CN(C)CC(C)(O)CNC(=O)CC1(C(=O)O)CCCC1. The largest absolute Gasteiger partial charge is 0.481 e. The predicted octanol–water partition coefficient (Wildman–Crippen LogP) is 0.450. The zero-order chi connectivity index (χ0) is 15.4. The summed E-state index contributed by atoms with van der Waals surface area (Å²) in [6.07, 6.45) is 2.84. The topological polar surface area (TPSA) is 89.9 Å². The first-order valence-corrected chi connectivity index (χ1v) is 7.04. The fraction of sp³-hybridized carbons (Fsp3) is 0.857. The van der Waals surface area contributed by atoms with Crippen molar-refractivity contribution in [2.45, 2.75) is 44.6 Å². The molecule has 0 radical (unpaired) electrons. The summed E-state index contributed by atoms with van der Waals surface area (Å²) in [7, 11) is 3.68. The van der Waals surface area contributed by atoms with Gasteiger partial charge in [-0.3, -0.25) is 9.59 Å². The van der Waals surface area contributed by atoms with Crippen molar-refractivity contribution >= 4 is 11.9 Å². The van der Waals surface area contributed by atoms with Gasteiger partial charge in [0.1, 0.15) is 0 Å². The zero-order valence-corrected chi connectivity index (χ0v) is 12.6. The third kappa shape index (κ3) is 4.76. The monoisotopic (exact) mass is 286 g/mol. The van der Waals surface area contributed by atoms with Gasteiger partial charge in [-0.2, -0.15) is 0 Å². The first kappa shape index (κ1) is 16.9. The number of nitrogens with one attached hydrogen (secondary N) is 1. The average Bonchev–Trinajstić information content (AvgIpc) is 2.75. The Labute approximate surface area is 120 Å². The highest BCUT2D eigenvalue weighted by Crippen LogP contribution is 2.41. The zero-order valence-electron chi connectivity index (χ0n) is 12.6. The van der Waals surface area contributed by atoms with Gasteiger partial charge in [-0.1, -0.05) is 12.8 Å². The van der Waals surface area contributed by atoms with Gasteiger partial charge in [0, 0.05) is 19.5 Å². The summed E-state index contributed by atoms with van der Waals surface area (Å²) < 4.78 is 0. The molecule has 3 N–H and O–H groups in total. The minimum absolute atomic E-state index is 0.000375. The van der Waals surface area contributed by atoms with Crippen LogP contribution < -0.4 is 5.32 Å². The number of nitrogens with zero attached hydrogens (tertiary/aromatic N) is 1. The summed E-state index contributed by atoms with van der Waals surface area (Å²) in [5.74, 6) is -1.18. The summed E-state index contributed by atoms with van der Waals surface area (Å²) in [5, 5.41) is 22.1. The van der Waals surface area contributed by atoms with Crippen LogP contribution in [-0.4, -0.2) is 59.8 Å². The number of carboxylic acids is 1. The molecule has 0 aliphatic heterocycles. The molecule has 0 bridgehead atoms. The number of aliphatic carboxylic acids is 1. The molecule has 1 fully saturated rings. The minimum atomic E-state index is -1.02. The molecule has 20 heavy (non-hydrogen) atoms. The van der Waals surface area contributed by atoms with Crippen LogP contribution >= 0.6 is 0 Å². The summed E-state index contributed by atoms with van der Waals surface area (Å²) >= 11 is 0. The Balaban J connectivity index is 2.49. The van der Waals surface area contributed by atoms with Gasteiger partial charge >= 0.3 is 5.97 Å². The van der Waals surface area contributed by atoms with Gasteiger partial charge < -0.3 is 20.4 Å². The van der Waals surface area contributed by atoms with Gasteiger partial charge in [0.15, 0.2) is 0 Å². The Morgan fingerprint density at radius 1 is 1.30 bits per heavy atom. The van der Waals surface area contributed by atoms with Crippen molar-refractivity contribution in [3.63, 3.8) is 0 Å². The van der Waals surface area contributed by atoms with Crippen LogP contribution in [0.3, 0.4) is 0 Å². The number of rotatable bonds is 7. The van der Waals surface area contributed by atoms with E-state index in [0.717, 1.165) is 12.8 Å². The number of hydrogen-bond acceptors (Lipinski definition) is 4. The fourth-order valence-corrected chi connectivity index (χ4v) is 2.91. The summed E-state index contributed by atoms with van der Waals surface area (Å²) in [6.45, 7) is 2.20. The molecule has 0 aromatic carbocycles. The van der Waals surface area contributed by atoms with Crippen molar-refractivity contribution in [3.8, 4) is 0 Å². The summed E-state index contributed by atoms with van der Waals surface area (Å²) in [6, 6.07) is 0. The average molecular weight is 286 g/mol. The van der Waals surface area contributed by atoms with E-state index in [1.165, 1.54) is 0 Å². The Morgan fingerprint density at radius 2 is 1.85 bits per heavy atom. The van der Waals surface area contributed by atoms with E-state index in [0.29, 0.717) is 19.4 Å². The molecule has 0 heterocycles. The highest BCUT2D eigenvalue weighted by molar-refractivity contribution is 5.85. The lowest BCUT2D eigenvalue weighted by molar-refractivity contribution is -0.151. The molecule has 0 aromatic heterocycles. The minimum Gasteiger partial charge on any atom is -0.481 e. The number of hydrogen-bond donors (Lipinski definition) is 3. The molecule has 0 spiro atoms. The molecule has 6 nitrogen and oxygen atoms in total. The van der Waals surface area contributed by atoms with Gasteiger partial charge in [-0.15, -0.1) is 0 Å². The van der Waals surface area contributed by atoms with Crippen LogP contribution in [0.4, 0.5) is 0 Å². The number of carbonyl (C=O) groups excluding carboxylic acids is 1. The second-order valence-corrected chi connectivity index (χ2v) is 6.48. The van der Waals surface area contributed by atoms with E-state index in [1.54, 1.807) is 6.92 Å². The maximum atomic E-state index is 11.9. The first-order chi connectivity index (χ1) is 9.17. The Morgan fingerprint density at radius 3 is 2.30 bits per heavy atom. The lowest BCUT2D eigenvalue weighted by atomic mass is 9.82. The lowest BCUT2D eigenvalue weighted by Gasteiger charge is -2.28. The first-order valence-electron chi connectivity index (χ1n) is 7.04. The number of amides is 1. The molecule has 1 saturated carbocycles. The smallest absolute Gasteiger partial charge is 0.310 e. The van der Waals surface area contributed by atoms with E-state index in [4.69, 9.17) is 0 Å². The molecule has 1 aliphatic carbocycles. The van der Waals surface area contributed by atoms with E-state index in [-0.39, 0.29) is 18.9 Å². The molecule has 6 heteroatoms. The standard InChI is InChI=1S/C14H26N2O4/c1-13(20,10-16(2)3)9-15-11(17)8-14(12(18)19)6-4-5-7-14/h20H,4-10H2,1-3H3,(H,15,17)(H,18,19). The maximum absolute atomic E-state index is 11.9. The third-order valence-electron chi connectivity index (χ3n) is 3.84. The van der Waals surface area contributed by atoms with E-state index >= 15 is 0 Å². The Bertz CT molecular complexity index is 360.